The number of nitrogens with one attached hydrogen (secondary N) is 1. The van der Waals surface area contributed by atoms with E-state index in [1.54, 1.807) is 0 Å². The van der Waals surface area contributed by atoms with Gasteiger partial charge in [0.2, 0.25) is 0 Å². The normalized spacial score (nSPS) is 19.2. The number of hydrogen-bond acceptors (Lipinski definition) is 2. The van der Waals surface area contributed by atoms with E-state index in [1.807, 2.05) is 6.92 Å². The zero-order valence-corrected chi connectivity index (χ0v) is 11.5. The Bertz CT molecular complexity index is 437. The first-order valence-electron chi connectivity index (χ1n) is 7.04. The Morgan fingerprint density at radius 1 is 1.20 bits per heavy atom. The molecule has 20 heavy (non-hydrogen) atoms. The summed E-state index contributed by atoms with van der Waals surface area (Å²) in [6.45, 7) is 1.72. The minimum Gasteiger partial charge on any atom is -0.394 e. The van der Waals surface area contributed by atoms with Crippen LogP contribution in [0.15, 0.2) is 12.1 Å². The molecule has 0 aromatic heterocycles. The summed E-state index contributed by atoms with van der Waals surface area (Å²) < 4.78 is 39.5. The van der Waals surface area contributed by atoms with Crippen LogP contribution in [0.4, 0.5) is 13.2 Å². The smallest absolute Gasteiger partial charge is 0.194 e. The number of benzene rings is 1. The van der Waals surface area contributed by atoms with Crippen LogP contribution in [-0.2, 0) is 0 Å². The second kappa shape index (κ2) is 6.59. The van der Waals surface area contributed by atoms with Gasteiger partial charge < -0.3 is 10.4 Å². The van der Waals surface area contributed by atoms with E-state index in [9.17, 15) is 18.3 Å². The van der Waals surface area contributed by atoms with Crippen molar-refractivity contribution < 1.29 is 18.3 Å². The number of aliphatic hydroxyl groups is 1. The van der Waals surface area contributed by atoms with Crippen molar-refractivity contribution in [2.75, 3.05) is 6.61 Å². The molecule has 2 unspecified atom stereocenters. The standard InChI is InChI=1S/C15H20F3NO/c1-9(10-4-2-3-5-10)19-14(8-20)11-6-12(16)15(18)13(17)7-11/h6-7,9-10,14,19-20H,2-5,8H2,1H3. The number of rotatable bonds is 5. The van der Waals surface area contributed by atoms with E-state index in [2.05, 4.69) is 5.32 Å². The SMILES string of the molecule is CC(NC(CO)c1cc(F)c(F)c(F)c1)C1CCCC1. The Morgan fingerprint density at radius 3 is 2.25 bits per heavy atom. The highest BCUT2D eigenvalue weighted by Crippen LogP contribution is 2.29. The molecule has 0 spiro atoms. The molecule has 1 aliphatic rings. The molecule has 2 rings (SSSR count). The van der Waals surface area contributed by atoms with Gasteiger partial charge in [-0.1, -0.05) is 12.8 Å². The second-order valence-electron chi connectivity index (χ2n) is 5.53. The molecule has 1 aromatic rings. The summed E-state index contributed by atoms with van der Waals surface area (Å²) >= 11 is 0. The summed E-state index contributed by atoms with van der Waals surface area (Å²) in [7, 11) is 0. The molecule has 0 amide bonds. The first-order chi connectivity index (χ1) is 9.52. The van der Waals surface area contributed by atoms with E-state index in [0.717, 1.165) is 25.0 Å². The molecule has 1 aromatic carbocycles. The van der Waals surface area contributed by atoms with Crippen LogP contribution >= 0.6 is 0 Å². The zero-order chi connectivity index (χ0) is 14.7. The Morgan fingerprint density at radius 2 is 1.75 bits per heavy atom. The van der Waals surface area contributed by atoms with E-state index in [-0.39, 0.29) is 18.2 Å². The minimum atomic E-state index is -1.48. The van der Waals surface area contributed by atoms with Crippen LogP contribution in [0.5, 0.6) is 0 Å². The van der Waals surface area contributed by atoms with Gasteiger partial charge in [0.05, 0.1) is 12.6 Å². The first kappa shape index (κ1) is 15.3. The van der Waals surface area contributed by atoms with Crippen LogP contribution in [0, 0.1) is 23.4 Å². The van der Waals surface area contributed by atoms with Gasteiger partial charge in [0.15, 0.2) is 17.5 Å². The highest BCUT2D eigenvalue weighted by Gasteiger charge is 2.25. The Hall–Kier alpha value is -1.07. The van der Waals surface area contributed by atoms with Crippen molar-refractivity contribution in [1.29, 1.82) is 0 Å². The summed E-state index contributed by atoms with van der Waals surface area (Å²) in [5, 5.41) is 12.6. The van der Waals surface area contributed by atoms with Crippen LogP contribution < -0.4 is 5.32 Å². The molecule has 0 heterocycles. The zero-order valence-electron chi connectivity index (χ0n) is 11.5. The van der Waals surface area contributed by atoms with E-state index in [4.69, 9.17) is 0 Å². The summed E-state index contributed by atoms with van der Waals surface area (Å²) in [6.07, 6.45) is 4.64. The highest BCUT2D eigenvalue weighted by atomic mass is 19.2. The van der Waals surface area contributed by atoms with Gasteiger partial charge in [-0.3, -0.25) is 0 Å². The van der Waals surface area contributed by atoms with Gasteiger partial charge in [-0.25, -0.2) is 13.2 Å². The minimum absolute atomic E-state index is 0.144. The van der Waals surface area contributed by atoms with Gasteiger partial charge in [-0.15, -0.1) is 0 Å². The van der Waals surface area contributed by atoms with Crippen LogP contribution in [-0.4, -0.2) is 17.8 Å². The van der Waals surface area contributed by atoms with Crippen LogP contribution in [0.3, 0.4) is 0 Å². The average molecular weight is 287 g/mol. The van der Waals surface area contributed by atoms with E-state index >= 15 is 0 Å². The monoisotopic (exact) mass is 287 g/mol. The molecule has 0 bridgehead atoms. The third-order valence-corrected chi connectivity index (χ3v) is 4.16. The topological polar surface area (TPSA) is 32.3 Å². The molecule has 0 aliphatic heterocycles. The Labute approximate surface area is 117 Å². The fourth-order valence-electron chi connectivity index (χ4n) is 2.94. The maximum absolute atomic E-state index is 13.3. The molecule has 2 atom stereocenters. The van der Waals surface area contributed by atoms with Crippen molar-refractivity contribution in [3.63, 3.8) is 0 Å². The van der Waals surface area contributed by atoms with E-state index in [0.29, 0.717) is 5.92 Å². The van der Waals surface area contributed by atoms with Crippen LogP contribution in [0.1, 0.15) is 44.2 Å². The van der Waals surface area contributed by atoms with E-state index in [1.165, 1.54) is 12.8 Å². The fourth-order valence-corrected chi connectivity index (χ4v) is 2.94. The summed E-state index contributed by atoms with van der Waals surface area (Å²) in [5.74, 6) is -3.42. The summed E-state index contributed by atoms with van der Waals surface area (Å²) in [6, 6.07) is 1.43. The van der Waals surface area contributed by atoms with Crippen molar-refractivity contribution in [3.8, 4) is 0 Å². The number of aliphatic hydroxyl groups excluding tert-OH is 1. The lowest BCUT2D eigenvalue weighted by molar-refractivity contribution is 0.219. The molecule has 1 aliphatic carbocycles. The van der Waals surface area contributed by atoms with Gasteiger partial charge >= 0.3 is 0 Å². The second-order valence-corrected chi connectivity index (χ2v) is 5.53. The van der Waals surface area contributed by atoms with Crippen molar-refractivity contribution in [2.45, 2.75) is 44.7 Å². The third-order valence-electron chi connectivity index (χ3n) is 4.16. The molecule has 2 nitrogen and oxygen atoms in total. The van der Waals surface area contributed by atoms with Crippen LogP contribution in [0.25, 0.3) is 0 Å². The van der Waals surface area contributed by atoms with Crippen LogP contribution in [0.2, 0.25) is 0 Å². The average Bonchev–Trinajstić information content (AvgIpc) is 2.95. The van der Waals surface area contributed by atoms with Crippen molar-refractivity contribution in [3.05, 3.63) is 35.1 Å². The molecule has 0 saturated heterocycles. The quantitative estimate of drug-likeness (QED) is 0.814. The fraction of sp³-hybridized carbons (Fsp3) is 0.600. The molecule has 1 saturated carbocycles. The van der Waals surface area contributed by atoms with Gasteiger partial charge in [-0.05, 0) is 43.4 Å². The maximum atomic E-state index is 13.3. The Kier molecular flexibility index (Phi) is 5.05. The summed E-state index contributed by atoms with van der Waals surface area (Å²) in [5.41, 5.74) is 0.230. The number of halogens is 3. The van der Waals surface area contributed by atoms with E-state index < -0.39 is 23.5 Å². The van der Waals surface area contributed by atoms with Gasteiger partial charge in [0.1, 0.15) is 0 Å². The Balaban J connectivity index is 2.11. The lowest BCUT2D eigenvalue weighted by Crippen LogP contribution is -2.37. The molecular weight excluding hydrogens is 267 g/mol. The van der Waals surface area contributed by atoms with Gasteiger partial charge in [0, 0.05) is 6.04 Å². The predicted molar refractivity (Wildman–Crippen MR) is 70.7 cm³/mol. The molecule has 1 fully saturated rings. The van der Waals surface area contributed by atoms with Crippen molar-refractivity contribution in [2.24, 2.45) is 5.92 Å². The van der Waals surface area contributed by atoms with Gasteiger partial charge in [-0.2, -0.15) is 0 Å². The predicted octanol–water partition coefficient (Wildman–Crippen LogP) is 3.31. The lowest BCUT2D eigenvalue weighted by atomic mass is 9.97. The largest absolute Gasteiger partial charge is 0.394 e. The molecule has 112 valence electrons. The highest BCUT2D eigenvalue weighted by molar-refractivity contribution is 5.23. The first-order valence-corrected chi connectivity index (χ1v) is 7.04. The van der Waals surface area contributed by atoms with Crippen molar-refractivity contribution >= 4 is 0 Å². The maximum Gasteiger partial charge on any atom is 0.194 e. The van der Waals surface area contributed by atoms with Gasteiger partial charge in [0.25, 0.3) is 0 Å². The molecule has 2 N–H and O–H groups in total. The molecular formula is C15H20F3NO. The lowest BCUT2D eigenvalue weighted by Gasteiger charge is -2.26. The third kappa shape index (κ3) is 3.33. The molecule has 0 radical (unpaired) electrons. The van der Waals surface area contributed by atoms with Crippen molar-refractivity contribution in [1.82, 2.24) is 5.32 Å². The summed E-state index contributed by atoms with van der Waals surface area (Å²) in [4.78, 5) is 0. The molecule has 5 heteroatoms. The number of hydrogen-bond donors (Lipinski definition) is 2.